The molecule has 11 heteroatoms. The van der Waals surface area contributed by atoms with Gasteiger partial charge in [0, 0.05) is 34.6 Å². The van der Waals surface area contributed by atoms with Crippen LogP contribution in [0.15, 0.2) is 102 Å². The van der Waals surface area contributed by atoms with Gasteiger partial charge in [0.25, 0.3) is 10.0 Å². The van der Waals surface area contributed by atoms with Gasteiger partial charge >= 0.3 is 0 Å². The number of carbonyl (C=O) groups is 2. The van der Waals surface area contributed by atoms with Crippen molar-refractivity contribution in [2.24, 2.45) is 0 Å². The number of ether oxygens (including phenoxy) is 1. The number of benzene rings is 4. The first-order valence-corrected chi connectivity index (χ1v) is 16.9. The maximum atomic E-state index is 14.6. The number of nitrogens with zero attached hydrogens (tertiary/aromatic N) is 2. The van der Waals surface area contributed by atoms with Crippen LogP contribution < -0.4 is 14.4 Å². The molecule has 0 aliphatic heterocycles. The summed E-state index contributed by atoms with van der Waals surface area (Å²) in [6.45, 7) is 4.71. The van der Waals surface area contributed by atoms with Crippen molar-refractivity contribution in [3.05, 3.63) is 124 Å². The first-order chi connectivity index (χ1) is 21.9. The lowest BCUT2D eigenvalue weighted by atomic mass is 10.0. The number of para-hydroxylation sites is 2. The Bertz CT molecular complexity index is 1750. The van der Waals surface area contributed by atoms with Gasteiger partial charge < -0.3 is 15.0 Å². The topological polar surface area (TPSA) is 96.0 Å². The normalized spacial score (nSPS) is 12.0. The number of amides is 2. The van der Waals surface area contributed by atoms with Crippen molar-refractivity contribution in [2.45, 2.75) is 50.7 Å². The van der Waals surface area contributed by atoms with Crippen LogP contribution in [0.5, 0.6) is 5.75 Å². The first-order valence-electron chi connectivity index (χ1n) is 14.7. The summed E-state index contributed by atoms with van der Waals surface area (Å²) in [7, 11) is -2.87. The molecule has 1 N–H and O–H groups in total. The third-order valence-corrected chi connectivity index (χ3v) is 9.82. The van der Waals surface area contributed by atoms with E-state index in [1.165, 1.54) is 24.1 Å². The number of halogens is 2. The molecular weight excluding hydrogens is 645 g/mol. The van der Waals surface area contributed by atoms with Gasteiger partial charge in [0.15, 0.2) is 0 Å². The Labute approximate surface area is 280 Å². The molecule has 242 valence electrons. The molecule has 0 bridgehead atoms. The van der Waals surface area contributed by atoms with Crippen LogP contribution in [-0.4, -0.2) is 50.9 Å². The maximum Gasteiger partial charge on any atom is 0.264 e. The number of anilines is 1. The second-order valence-electron chi connectivity index (χ2n) is 11.1. The third-order valence-electron chi connectivity index (χ3n) is 7.33. The fourth-order valence-electron chi connectivity index (χ4n) is 4.98. The van der Waals surface area contributed by atoms with Crippen LogP contribution in [0.3, 0.4) is 0 Å². The fourth-order valence-corrected chi connectivity index (χ4v) is 6.92. The minimum absolute atomic E-state index is 0.00380. The summed E-state index contributed by atoms with van der Waals surface area (Å²) < 4.78 is 35.0. The van der Waals surface area contributed by atoms with Gasteiger partial charge in [-0.2, -0.15) is 0 Å². The number of rotatable bonds is 13. The molecular formula is C35H37Cl2N3O5S. The van der Waals surface area contributed by atoms with Gasteiger partial charge in [-0.3, -0.25) is 13.9 Å². The largest absolute Gasteiger partial charge is 0.495 e. The summed E-state index contributed by atoms with van der Waals surface area (Å²) in [5.74, 6) is -0.789. The summed E-state index contributed by atoms with van der Waals surface area (Å²) >= 11 is 13.1. The Morgan fingerprint density at radius 1 is 0.848 bits per heavy atom. The molecule has 46 heavy (non-hydrogen) atoms. The van der Waals surface area contributed by atoms with Gasteiger partial charge in [0.1, 0.15) is 18.3 Å². The maximum absolute atomic E-state index is 14.6. The van der Waals surface area contributed by atoms with E-state index in [0.717, 1.165) is 15.4 Å². The van der Waals surface area contributed by atoms with Gasteiger partial charge in [-0.25, -0.2) is 8.42 Å². The minimum Gasteiger partial charge on any atom is -0.495 e. The van der Waals surface area contributed by atoms with Gasteiger partial charge in [-0.1, -0.05) is 89.4 Å². The zero-order valence-electron chi connectivity index (χ0n) is 26.1. The SMILES string of the molecule is COc1ccccc1N(CC(=O)N(Cc1c(Cl)cccc1Cl)[C@H](Cc1ccccc1)C(=O)NC(C)C)S(=O)(=O)c1ccc(C)cc1. The molecule has 0 fully saturated rings. The predicted octanol–water partition coefficient (Wildman–Crippen LogP) is 6.67. The molecule has 2 amide bonds. The van der Waals surface area contributed by atoms with Crippen molar-refractivity contribution in [1.29, 1.82) is 0 Å². The number of nitrogens with one attached hydrogen (secondary N) is 1. The number of carbonyl (C=O) groups excluding carboxylic acids is 2. The Kier molecular flexibility index (Phi) is 11.7. The smallest absolute Gasteiger partial charge is 0.264 e. The lowest BCUT2D eigenvalue weighted by Crippen LogP contribution is -2.54. The highest BCUT2D eigenvalue weighted by molar-refractivity contribution is 7.92. The lowest BCUT2D eigenvalue weighted by Gasteiger charge is -2.34. The highest BCUT2D eigenvalue weighted by atomic mass is 35.5. The molecule has 0 aromatic heterocycles. The number of hydrogen-bond acceptors (Lipinski definition) is 5. The molecule has 0 radical (unpaired) electrons. The molecule has 8 nitrogen and oxygen atoms in total. The van der Waals surface area contributed by atoms with E-state index >= 15 is 0 Å². The van der Waals surface area contributed by atoms with Crippen molar-refractivity contribution in [2.75, 3.05) is 18.0 Å². The van der Waals surface area contributed by atoms with E-state index in [1.54, 1.807) is 54.6 Å². The summed E-state index contributed by atoms with van der Waals surface area (Å²) in [5.41, 5.74) is 2.28. The zero-order chi connectivity index (χ0) is 33.4. The second kappa shape index (κ2) is 15.5. The average Bonchev–Trinajstić information content (AvgIpc) is 3.03. The van der Waals surface area contributed by atoms with E-state index < -0.39 is 34.4 Å². The summed E-state index contributed by atoms with van der Waals surface area (Å²) in [6, 6.07) is 25.9. The molecule has 0 aliphatic rings. The Balaban J connectivity index is 1.87. The van der Waals surface area contributed by atoms with Gasteiger partial charge in [-0.05, 0) is 62.7 Å². The van der Waals surface area contributed by atoms with Crippen LogP contribution in [0.25, 0.3) is 0 Å². The monoisotopic (exact) mass is 681 g/mol. The van der Waals surface area contributed by atoms with E-state index in [0.29, 0.717) is 15.6 Å². The molecule has 4 aromatic rings. The Morgan fingerprint density at radius 3 is 2.07 bits per heavy atom. The van der Waals surface area contributed by atoms with Crippen LogP contribution in [0.4, 0.5) is 5.69 Å². The van der Waals surface area contributed by atoms with Crippen molar-refractivity contribution in [1.82, 2.24) is 10.2 Å². The minimum atomic E-state index is -4.29. The van der Waals surface area contributed by atoms with E-state index in [-0.39, 0.29) is 35.3 Å². The van der Waals surface area contributed by atoms with Crippen molar-refractivity contribution in [3.8, 4) is 5.75 Å². The average molecular weight is 683 g/mol. The molecule has 0 spiro atoms. The highest BCUT2D eigenvalue weighted by Crippen LogP contribution is 2.33. The summed E-state index contributed by atoms with van der Waals surface area (Å²) in [5, 5.41) is 3.54. The van der Waals surface area contributed by atoms with Gasteiger partial charge in [0.05, 0.1) is 17.7 Å². The summed E-state index contributed by atoms with van der Waals surface area (Å²) in [6.07, 6.45) is 0.159. The number of aryl methyl sites for hydroxylation is 1. The first kappa shape index (κ1) is 34.8. The second-order valence-corrected chi connectivity index (χ2v) is 13.8. The van der Waals surface area contributed by atoms with Crippen molar-refractivity contribution in [3.63, 3.8) is 0 Å². The summed E-state index contributed by atoms with van der Waals surface area (Å²) in [4.78, 5) is 29.8. The molecule has 0 unspecified atom stereocenters. The fraction of sp³-hybridized carbons (Fsp3) is 0.257. The van der Waals surface area contributed by atoms with Crippen molar-refractivity contribution >= 4 is 50.7 Å². The number of hydrogen-bond donors (Lipinski definition) is 1. The predicted molar refractivity (Wildman–Crippen MR) is 183 cm³/mol. The zero-order valence-corrected chi connectivity index (χ0v) is 28.4. The van der Waals surface area contributed by atoms with Gasteiger partial charge in [-0.15, -0.1) is 0 Å². The molecule has 0 heterocycles. The van der Waals surface area contributed by atoms with Crippen LogP contribution in [0, 0.1) is 6.92 Å². The molecule has 0 saturated carbocycles. The Morgan fingerprint density at radius 2 is 1.46 bits per heavy atom. The molecule has 1 atom stereocenters. The third kappa shape index (κ3) is 8.40. The van der Waals surface area contributed by atoms with E-state index in [1.807, 2.05) is 51.1 Å². The van der Waals surface area contributed by atoms with Gasteiger partial charge in [0.2, 0.25) is 11.8 Å². The highest BCUT2D eigenvalue weighted by Gasteiger charge is 2.36. The number of methoxy groups -OCH3 is 1. The van der Waals surface area contributed by atoms with Crippen molar-refractivity contribution < 1.29 is 22.7 Å². The Hall–Kier alpha value is -4.05. The quantitative estimate of drug-likeness (QED) is 0.170. The molecule has 4 aromatic carbocycles. The molecule has 4 rings (SSSR count). The van der Waals surface area contributed by atoms with E-state index in [9.17, 15) is 18.0 Å². The number of sulfonamides is 1. The van der Waals surface area contributed by atoms with E-state index in [4.69, 9.17) is 27.9 Å². The lowest BCUT2D eigenvalue weighted by molar-refractivity contribution is -0.140. The van der Waals surface area contributed by atoms with Crippen LogP contribution in [0.1, 0.15) is 30.5 Å². The van der Waals surface area contributed by atoms with E-state index in [2.05, 4.69) is 5.32 Å². The molecule has 0 aliphatic carbocycles. The van der Waals surface area contributed by atoms with Crippen LogP contribution in [-0.2, 0) is 32.6 Å². The molecule has 0 saturated heterocycles. The van der Waals surface area contributed by atoms with Crippen LogP contribution in [0.2, 0.25) is 10.0 Å². The van der Waals surface area contributed by atoms with Crippen LogP contribution >= 0.6 is 23.2 Å². The standard InChI is InChI=1S/C35H37Cl2N3O5S/c1-24(2)38-35(42)32(21-26-11-6-5-7-12-26)39(22-28-29(36)13-10-14-30(28)37)34(41)23-40(31-15-8-9-16-33(31)45-4)46(43,44)27-19-17-25(3)18-20-27/h5-20,24,32H,21-23H2,1-4H3,(H,38,42)/t32-/m1/s1.